The zero-order valence-corrected chi connectivity index (χ0v) is 11.4. The summed E-state index contributed by atoms with van der Waals surface area (Å²) in [6.45, 7) is 0. The standard InChI is InChI=1S/C10H5ClF3NO2S2/c11-19(16,17)8-5-15-9(18-8)6-1-3-7(4-2-6)10(12,13)14/h1-5H. The number of hydrogen-bond acceptors (Lipinski definition) is 4. The number of nitrogens with zero attached hydrogens (tertiary/aromatic N) is 1. The smallest absolute Gasteiger partial charge is 0.243 e. The SMILES string of the molecule is O=S(=O)(Cl)c1cnc(-c2ccc(C(F)(F)F)cc2)s1. The summed E-state index contributed by atoms with van der Waals surface area (Å²) >= 11 is 0.794. The van der Waals surface area contributed by atoms with Gasteiger partial charge in [0.25, 0.3) is 9.05 Å². The van der Waals surface area contributed by atoms with Gasteiger partial charge in [-0.1, -0.05) is 12.1 Å². The molecule has 0 saturated heterocycles. The van der Waals surface area contributed by atoms with Crippen LogP contribution in [0.2, 0.25) is 0 Å². The number of halogens is 4. The largest absolute Gasteiger partial charge is 0.416 e. The highest BCUT2D eigenvalue weighted by Crippen LogP contribution is 2.33. The van der Waals surface area contributed by atoms with Crippen LogP contribution in [0.1, 0.15) is 5.56 Å². The summed E-state index contributed by atoms with van der Waals surface area (Å²) in [4.78, 5) is 3.82. The highest BCUT2D eigenvalue weighted by Gasteiger charge is 2.30. The molecular formula is C10H5ClF3NO2S2. The van der Waals surface area contributed by atoms with E-state index in [9.17, 15) is 21.6 Å². The Morgan fingerprint density at radius 1 is 1.16 bits per heavy atom. The van der Waals surface area contributed by atoms with Crippen molar-refractivity contribution in [2.45, 2.75) is 10.4 Å². The van der Waals surface area contributed by atoms with E-state index < -0.39 is 20.8 Å². The Labute approximate surface area is 115 Å². The van der Waals surface area contributed by atoms with Gasteiger partial charge in [0, 0.05) is 16.2 Å². The second-order valence-corrected chi connectivity index (χ2v) is 7.32. The van der Waals surface area contributed by atoms with E-state index in [2.05, 4.69) is 4.98 Å². The number of hydrogen-bond donors (Lipinski definition) is 0. The number of thiazole rings is 1. The molecule has 0 radical (unpaired) electrons. The van der Waals surface area contributed by atoms with Crippen molar-refractivity contribution in [1.82, 2.24) is 4.98 Å². The van der Waals surface area contributed by atoms with E-state index in [0.29, 0.717) is 5.56 Å². The molecule has 0 aliphatic carbocycles. The van der Waals surface area contributed by atoms with Gasteiger partial charge in [-0.25, -0.2) is 13.4 Å². The normalized spacial score (nSPS) is 12.6. The predicted octanol–water partition coefficient (Wildman–Crippen LogP) is 3.76. The predicted molar refractivity (Wildman–Crippen MR) is 65.6 cm³/mol. The van der Waals surface area contributed by atoms with Crippen LogP contribution in [0.3, 0.4) is 0 Å². The Morgan fingerprint density at radius 3 is 2.16 bits per heavy atom. The molecule has 1 aromatic carbocycles. The Kier molecular flexibility index (Phi) is 3.59. The summed E-state index contributed by atoms with van der Waals surface area (Å²) in [5.74, 6) is 0. The molecule has 0 aliphatic rings. The first-order chi connectivity index (χ1) is 8.68. The molecule has 19 heavy (non-hydrogen) atoms. The number of aromatic nitrogens is 1. The number of alkyl halides is 3. The molecule has 0 saturated carbocycles. The molecule has 0 atom stereocenters. The van der Waals surface area contributed by atoms with Crippen molar-refractivity contribution < 1.29 is 21.6 Å². The molecule has 0 fully saturated rings. The summed E-state index contributed by atoms with van der Waals surface area (Å²) in [6, 6.07) is 4.27. The third-order valence-electron chi connectivity index (χ3n) is 2.18. The first-order valence-electron chi connectivity index (χ1n) is 4.76. The molecular weight excluding hydrogens is 323 g/mol. The quantitative estimate of drug-likeness (QED) is 0.789. The van der Waals surface area contributed by atoms with E-state index in [1.165, 1.54) is 12.1 Å². The third-order valence-corrected chi connectivity index (χ3v) is 5.29. The van der Waals surface area contributed by atoms with Crippen molar-refractivity contribution in [2.24, 2.45) is 0 Å². The number of benzene rings is 1. The second kappa shape index (κ2) is 4.77. The van der Waals surface area contributed by atoms with Crippen LogP contribution in [0.5, 0.6) is 0 Å². The van der Waals surface area contributed by atoms with Gasteiger partial charge in [0.2, 0.25) is 0 Å². The zero-order chi connectivity index (χ0) is 14.3. The summed E-state index contributed by atoms with van der Waals surface area (Å²) < 4.78 is 59.1. The van der Waals surface area contributed by atoms with E-state index in [0.717, 1.165) is 29.7 Å². The lowest BCUT2D eigenvalue weighted by molar-refractivity contribution is -0.137. The molecule has 0 aliphatic heterocycles. The van der Waals surface area contributed by atoms with Crippen LogP contribution in [0.4, 0.5) is 13.2 Å². The summed E-state index contributed by atoms with van der Waals surface area (Å²) in [7, 11) is 1.27. The molecule has 2 aromatic rings. The first kappa shape index (κ1) is 14.3. The van der Waals surface area contributed by atoms with Crippen molar-refractivity contribution in [2.75, 3.05) is 0 Å². The summed E-state index contributed by atoms with van der Waals surface area (Å²) in [5, 5.41) is 0.285. The first-order valence-corrected chi connectivity index (χ1v) is 7.88. The van der Waals surface area contributed by atoms with Crippen molar-refractivity contribution in [3.8, 4) is 10.6 Å². The molecule has 1 aromatic heterocycles. The van der Waals surface area contributed by atoms with Gasteiger partial charge in [-0.15, -0.1) is 11.3 Å². The third kappa shape index (κ3) is 3.26. The maximum absolute atomic E-state index is 12.4. The molecule has 3 nitrogen and oxygen atoms in total. The van der Waals surface area contributed by atoms with Crippen molar-refractivity contribution >= 4 is 31.1 Å². The maximum atomic E-state index is 12.4. The van der Waals surface area contributed by atoms with Crippen LogP contribution in [0.15, 0.2) is 34.7 Å². The summed E-state index contributed by atoms with van der Waals surface area (Å²) in [5.41, 5.74) is -0.387. The topological polar surface area (TPSA) is 47.0 Å². The Bertz CT molecular complexity index is 692. The van der Waals surface area contributed by atoms with Gasteiger partial charge in [-0.3, -0.25) is 0 Å². The minimum Gasteiger partial charge on any atom is -0.243 e. The van der Waals surface area contributed by atoms with E-state index in [1.807, 2.05) is 0 Å². The minimum absolute atomic E-state index is 0.149. The fraction of sp³-hybridized carbons (Fsp3) is 0.100. The van der Waals surface area contributed by atoms with Crippen molar-refractivity contribution in [1.29, 1.82) is 0 Å². The van der Waals surface area contributed by atoms with E-state index in [1.54, 1.807) is 0 Å². The maximum Gasteiger partial charge on any atom is 0.416 e. The summed E-state index contributed by atoms with van der Waals surface area (Å²) in [6.07, 6.45) is -3.34. The van der Waals surface area contributed by atoms with Gasteiger partial charge < -0.3 is 0 Å². The van der Waals surface area contributed by atoms with Gasteiger partial charge in [0.05, 0.1) is 11.8 Å². The molecule has 0 bridgehead atoms. The van der Waals surface area contributed by atoms with E-state index in [4.69, 9.17) is 10.7 Å². The van der Waals surface area contributed by atoms with Gasteiger partial charge in [0.1, 0.15) is 5.01 Å². The molecule has 1 heterocycles. The van der Waals surface area contributed by atoms with Gasteiger partial charge in [-0.05, 0) is 12.1 Å². The van der Waals surface area contributed by atoms with E-state index in [-0.39, 0.29) is 9.22 Å². The van der Waals surface area contributed by atoms with E-state index >= 15 is 0 Å². The van der Waals surface area contributed by atoms with Crippen LogP contribution in [-0.4, -0.2) is 13.4 Å². The zero-order valence-electron chi connectivity index (χ0n) is 8.98. The van der Waals surface area contributed by atoms with Gasteiger partial charge >= 0.3 is 6.18 Å². The molecule has 0 unspecified atom stereocenters. The van der Waals surface area contributed by atoms with Crippen LogP contribution >= 0.6 is 22.0 Å². The van der Waals surface area contributed by atoms with Crippen LogP contribution in [-0.2, 0) is 15.2 Å². The molecule has 0 N–H and O–H groups in total. The Morgan fingerprint density at radius 2 is 1.74 bits per heavy atom. The molecule has 0 spiro atoms. The van der Waals surface area contributed by atoms with Crippen molar-refractivity contribution in [3.05, 3.63) is 36.0 Å². The highest BCUT2D eigenvalue weighted by atomic mass is 35.7. The monoisotopic (exact) mass is 327 g/mol. The average molecular weight is 328 g/mol. The lowest BCUT2D eigenvalue weighted by atomic mass is 10.1. The Hall–Kier alpha value is -1.12. The molecule has 102 valence electrons. The molecule has 9 heteroatoms. The Balaban J connectivity index is 2.36. The number of rotatable bonds is 2. The average Bonchev–Trinajstić information content (AvgIpc) is 2.77. The van der Waals surface area contributed by atoms with Gasteiger partial charge in [0.15, 0.2) is 4.21 Å². The fourth-order valence-corrected chi connectivity index (χ4v) is 3.18. The van der Waals surface area contributed by atoms with Crippen LogP contribution in [0, 0.1) is 0 Å². The fourth-order valence-electron chi connectivity index (χ4n) is 1.31. The minimum atomic E-state index is -4.41. The lowest BCUT2D eigenvalue weighted by Crippen LogP contribution is -2.03. The van der Waals surface area contributed by atoms with Gasteiger partial charge in [-0.2, -0.15) is 13.2 Å². The highest BCUT2D eigenvalue weighted by molar-refractivity contribution is 8.15. The van der Waals surface area contributed by atoms with Crippen molar-refractivity contribution in [3.63, 3.8) is 0 Å². The van der Waals surface area contributed by atoms with Crippen LogP contribution < -0.4 is 0 Å². The molecule has 0 amide bonds. The molecule has 2 rings (SSSR count). The van der Waals surface area contributed by atoms with Crippen LogP contribution in [0.25, 0.3) is 10.6 Å². The lowest BCUT2D eigenvalue weighted by Gasteiger charge is -2.06. The second-order valence-electron chi connectivity index (χ2n) is 3.50.